The Labute approximate surface area is 131 Å². The molecule has 0 aromatic heterocycles. The van der Waals surface area contributed by atoms with Gasteiger partial charge in [-0.2, -0.15) is 17.0 Å². The third kappa shape index (κ3) is 5.20. The lowest BCUT2D eigenvalue weighted by atomic mass is 10.1. The normalized spacial score (nSPS) is 21.3. The first-order valence-corrected chi connectivity index (χ1v) is 9.84. The summed E-state index contributed by atoms with van der Waals surface area (Å²) in [5, 5.41) is 3.38. The highest BCUT2D eigenvalue weighted by molar-refractivity contribution is 7.86. The second-order valence-electron chi connectivity index (χ2n) is 6.18. The van der Waals surface area contributed by atoms with E-state index in [1.54, 1.807) is 8.61 Å². The fourth-order valence-corrected chi connectivity index (χ4v) is 5.05. The van der Waals surface area contributed by atoms with Crippen molar-refractivity contribution >= 4 is 10.2 Å². The van der Waals surface area contributed by atoms with Crippen LogP contribution in [0.1, 0.15) is 59.8 Å². The Morgan fingerprint density at radius 2 is 1.95 bits per heavy atom. The highest BCUT2D eigenvalue weighted by Gasteiger charge is 2.36. The molecule has 126 valence electrons. The van der Waals surface area contributed by atoms with Crippen molar-refractivity contribution in [2.75, 3.05) is 26.2 Å². The first kappa shape index (κ1) is 18.9. The van der Waals surface area contributed by atoms with Gasteiger partial charge >= 0.3 is 0 Å². The number of rotatable bonds is 9. The summed E-state index contributed by atoms with van der Waals surface area (Å²) in [6.45, 7) is 11.1. The molecule has 0 spiro atoms. The van der Waals surface area contributed by atoms with Gasteiger partial charge in [0.25, 0.3) is 10.2 Å². The Balaban J connectivity index is 2.84. The number of nitrogens with one attached hydrogen (secondary N) is 1. The standard InChI is InChI=1S/C15H33N3O2S/c1-5-10-16-13-15-9-7-8-12-18(15)21(19,20)17(11-6-2)14(3)4/h14-16H,5-13H2,1-4H3. The third-order valence-electron chi connectivity index (χ3n) is 3.99. The van der Waals surface area contributed by atoms with E-state index < -0.39 is 10.2 Å². The van der Waals surface area contributed by atoms with E-state index in [4.69, 9.17) is 0 Å². The summed E-state index contributed by atoms with van der Waals surface area (Å²) in [7, 11) is -3.35. The molecular weight excluding hydrogens is 286 g/mol. The molecule has 0 amide bonds. The maximum Gasteiger partial charge on any atom is 0.282 e. The molecule has 1 aliphatic rings. The van der Waals surface area contributed by atoms with E-state index in [2.05, 4.69) is 12.2 Å². The van der Waals surface area contributed by atoms with Crippen LogP contribution in [0, 0.1) is 0 Å². The number of hydrogen-bond acceptors (Lipinski definition) is 3. The van der Waals surface area contributed by atoms with Gasteiger partial charge in [0, 0.05) is 31.7 Å². The van der Waals surface area contributed by atoms with E-state index in [1.807, 2.05) is 20.8 Å². The van der Waals surface area contributed by atoms with E-state index in [0.29, 0.717) is 13.1 Å². The van der Waals surface area contributed by atoms with Crippen molar-refractivity contribution in [3.8, 4) is 0 Å². The topological polar surface area (TPSA) is 52.7 Å². The second kappa shape index (κ2) is 9.08. The fourth-order valence-electron chi connectivity index (χ4n) is 2.92. The number of piperidine rings is 1. The van der Waals surface area contributed by atoms with Gasteiger partial charge < -0.3 is 5.32 Å². The minimum absolute atomic E-state index is 0.0149. The lowest BCUT2D eigenvalue weighted by Crippen LogP contribution is -2.55. The molecule has 0 saturated carbocycles. The monoisotopic (exact) mass is 319 g/mol. The molecule has 1 N–H and O–H groups in total. The largest absolute Gasteiger partial charge is 0.315 e. The molecule has 6 heteroatoms. The average Bonchev–Trinajstić information content (AvgIpc) is 2.45. The summed E-state index contributed by atoms with van der Waals surface area (Å²) in [5.41, 5.74) is 0. The van der Waals surface area contributed by atoms with Gasteiger partial charge in [0.2, 0.25) is 0 Å². The summed E-state index contributed by atoms with van der Waals surface area (Å²) in [6.07, 6.45) is 4.99. The van der Waals surface area contributed by atoms with Crippen LogP contribution in [0.2, 0.25) is 0 Å². The minimum Gasteiger partial charge on any atom is -0.315 e. The smallest absolute Gasteiger partial charge is 0.282 e. The van der Waals surface area contributed by atoms with Crippen LogP contribution in [-0.2, 0) is 10.2 Å². The third-order valence-corrected chi connectivity index (χ3v) is 6.26. The predicted octanol–water partition coefficient (Wildman–Crippen LogP) is 2.21. The zero-order chi connectivity index (χ0) is 15.9. The van der Waals surface area contributed by atoms with E-state index >= 15 is 0 Å². The van der Waals surface area contributed by atoms with Crippen LogP contribution >= 0.6 is 0 Å². The molecule has 0 aliphatic carbocycles. The quantitative estimate of drug-likeness (QED) is 0.663. The summed E-state index contributed by atoms with van der Waals surface area (Å²) in [5.74, 6) is 0. The van der Waals surface area contributed by atoms with Gasteiger partial charge in [0.1, 0.15) is 0 Å². The summed E-state index contributed by atoms with van der Waals surface area (Å²) >= 11 is 0. The van der Waals surface area contributed by atoms with Crippen molar-refractivity contribution in [2.45, 2.75) is 71.9 Å². The van der Waals surface area contributed by atoms with Gasteiger partial charge in [-0.05, 0) is 46.1 Å². The molecule has 0 aromatic rings. The summed E-state index contributed by atoms with van der Waals surface area (Å²) in [6, 6.07) is 0.120. The minimum atomic E-state index is -3.35. The van der Waals surface area contributed by atoms with Crippen molar-refractivity contribution < 1.29 is 8.42 Å². The Kier molecular flexibility index (Phi) is 8.16. The molecule has 1 atom stereocenters. The lowest BCUT2D eigenvalue weighted by molar-refractivity contribution is 0.218. The Hall–Kier alpha value is -0.170. The van der Waals surface area contributed by atoms with Crippen LogP contribution in [0.5, 0.6) is 0 Å². The van der Waals surface area contributed by atoms with Gasteiger partial charge in [-0.3, -0.25) is 0 Å². The molecule has 1 aliphatic heterocycles. The van der Waals surface area contributed by atoms with Crippen molar-refractivity contribution in [1.82, 2.24) is 13.9 Å². The molecular formula is C15H33N3O2S. The van der Waals surface area contributed by atoms with E-state index in [9.17, 15) is 8.42 Å². The van der Waals surface area contributed by atoms with Gasteiger partial charge in [-0.1, -0.05) is 20.3 Å². The van der Waals surface area contributed by atoms with Crippen LogP contribution in [-0.4, -0.2) is 55.3 Å². The molecule has 1 saturated heterocycles. The molecule has 21 heavy (non-hydrogen) atoms. The van der Waals surface area contributed by atoms with Gasteiger partial charge in [-0.25, -0.2) is 0 Å². The van der Waals surface area contributed by atoms with Crippen LogP contribution in [0.15, 0.2) is 0 Å². The molecule has 1 rings (SSSR count). The van der Waals surface area contributed by atoms with Crippen LogP contribution in [0.4, 0.5) is 0 Å². The Bertz CT molecular complexity index is 384. The van der Waals surface area contributed by atoms with Crippen molar-refractivity contribution in [1.29, 1.82) is 0 Å². The van der Waals surface area contributed by atoms with E-state index in [1.165, 1.54) is 0 Å². The molecule has 0 radical (unpaired) electrons. The number of hydrogen-bond donors (Lipinski definition) is 1. The molecule has 1 fully saturated rings. The van der Waals surface area contributed by atoms with Gasteiger partial charge in [0.05, 0.1) is 0 Å². The van der Waals surface area contributed by atoms with Gasteiger partial charge in [0.15, 0.2) is 0 Å². The van der Waals surface area contributed by atoms with Crippen LogP contribution in [0.25, 0.3) is 0 Å². The average molecular weight is 320 g/mol. The molecule has 0 bridgehead atoms. The Morgan fingerprint density at radius 1 is 1.24 bits per heavy atom. The number of nitrogens with zero attached hydrogens (tertiary/aromatic N) is 2. The highest BCUT2D eigenvalue weighted by Crippen LogP contribution is 2.23. The van der Waals surface area contributed by atoms with Crippen molar-refractivity contribution in [3.05, 3.63) is 0 Å². The van der Waals surface area contributed by atoms with E-state index in [0.717, 1.165) is 45.2 Å². The lowest BCUT2D eigenvalue weighted by Gasteiger charge is -2.39. The predicted molar refractivity (Wildman–Crippen MR) is 88.6 cm³/mol. The van der Waals surface area contributed by atoms with Crippen LogP contribution in [0.3, 0.4) is 0 Å². The zero-order valence-electron chi connectivity index (χ0n) is 14.1. The van der Waals surface area contributed by atoms with Gasteiger partial charge in [-0.15, -0.1) is 0 Å². The molecule has 1 heterocycles. The van der Waals surface area contributed by atoms with Crippen molar-refractivity contribution in [2.24, 2.45) is 0 Å². The first-order valence-electron chi connectivity index (χ1n) is 8.44. The maximum absolute atomic E-state index is 13.0. The molecule has 1 unspecified atom stereocenters. The highest BCUT2D eigenvalue weighted by atomic mass is 32.2. The Morgan fingerprint density at radius 3 is 2.52 bits per heavy atom. The fraction of sp³-hybridized carbons (Fsp3) is 1.00. The SMILES string of the molecule is CCCNCC1CCCCN1S(=O)(=O)N(CCC)C(C)C. The molecule has 0 aromatic carbocycles. The summed E-state index contributed by atoms with van der Waals surface area (Å²) < 4.78 is 29.4. The maximum atomic E-state index is 13.0. The zero-order valence-corrected chi connectivity index (χ0v) is 15.0. The van der Waals surface area contributed by atoms with E-state index in [-0.39, 0.29) is 12.1 Å². The molecule has 5 nitrogen and oxygen atoms in total. The first-order chi connectivity index (χ1) is 9.95. The van der Waals surface area contributed by atoms with Crippen LogP contribution < -0.4 is 5.32 Å². The summed E-state index contributed by atoms with van der Waals surface area (Å²) in [4.78, 5) is 0. The van der Waals surface area contributed by atoms with Crippen molar-refractivity contribution in [3.63, 3.8) is 0 Å². The second-order valence-corrected chi connectivity index (χ2v) is 8.01.